The average molecular weight is 278 g/mol. The second kappa shape index (κ2) is 7.62. The van der Waals surface area contributed by atoms with Crippen LogP contribution in [-0.2, 0) is 4.74 Å². The van der Waals surface area contributed by atoms with Crippen molar-refractivity contribution in [3.63, 3.8) is 0 Å². The highest BCUT2D eigenvalue weighted by atomic mass is 16.5. The van der Waals surface area contributed by atoms with Crippen LogP contribution in [0.4, 0.5) is 0 Å². The molecule has 1 saturated heterocycles. The Hall–Kier alpha value is -1.10. The van der Waals surface area contributed by atoms with Crippen molar-refractivity contribution in [1.29, 1.82) is 0 Å². The van der Waals surface area contributed by atoms with Crippen molar-refractivity contribution < 1.29 is 9.47 Å². The molecule has 2 unspecified atom stereocenters. The molecule has 0 aromatic heterocycles. The van der Waals surface area contributed by atoms with E-state index < -0.39 is 0 Å². The van der Waals surface area contributed by atoms with Gasteiger partial charge >= 0.3 is 0 Å². The Labute approximate surface area is 121 Å². The number of rotatable bonds is 5. The van der Waals surface area contributed by atoms with Gasteiger partial charge in [0, 0.05) is 37.8 Å². The average Bonchev–Trinajstić information content (AvgIpc) is 2.64. The minimum absolute atomic E-state index is 0.0250. The predicted octanol–water partition coefficient (Wildman–Crippen LogP) is 2.20. The molecular formula is C16H26N2O2. The molecule has 1 aliphatic rings. The lowest BCUT2D eigenvalue weighted by Gasteiger charge is -2.26. The van der Waals surface area contributed by atoms with Crippen LogP contribution in [0.3, 0.4) is 0 Å². The van der Waals surface area contributed by atoms with Crippen molar-refractivity contribution in [3.05, 3.63) is 29.8 Å². The molecule has 1 aromatic carbocycles. The van der Waals surface area contributed by atoms with Crippen LogP contribution in [-0.4, -0.2) is 43.9 Å². The molecule has 0 aliphatic carbocycles. The van der Waals surface area contributed by atoms with Crippen molar-refractivity contribution in [3.8, 4) is 5.75 Å². The van der Waals surface area contributed by atoms with Crippen LogP contribution in [0.15, 0.2) is 24.3 Å². The van der Waals surface area contributed by atoms with Crippen molar-refractivity contribution in [2.75, 3.05) is 32.8 Å². The van der Waals surface area contributed by atoms with Gasteiger partial charge in [-0.05, 0) is 26.3 Å². The summed E-state index contributed by atoms with van der Waals surface area (Å²) >= 11 is 0. The van der Waals surface area contributed by atoms with E-state index in [0.29, 0.717) is 6.61 Å². The van der Waals surface area contributed by atoms with Gasteiger partial charge in [0.15, 0.2) is 0 Å². The third-order valence-electron chi connectivity index (χ3n) is 3.61. The highest BCUT2D eigenvalue weighted by Crippen LogP contribution is 2.24. The topological polar surface area (TPSA) is 47.7 Å². The molecule has 20 heavy (non-hydrogen) atoms. The number of hydrogen-bond acceptors (Lipinski definition) is 4. The monoisotopic (exact) mass is 278 g/mol. The van der Waals surface area contributed by atoms with Crippen molar-refractivity contribution in [2.45, 2.75) is 32.4 Å². The maximum Gasteiger partial charge on any atom is 0.124 e. The summed E-state index contributed by atoms with van der Waals surface area (Å²) in [5.41, 5.74) is 7.48. The summed E-state index contributed by atoms with van der Waals surface area (Å²) in [6.07, 6.45) is 1.36. The molecular weight excluding hydrogens is 252 g/mol. The largest absolute Gasteiger partial charge is 0.494 e. The predicted molar refractivity (Wildman–Crippen MR) is 81.0 cm³/mol. The second-order valence-electron chi connectivity index (χ2n) is 5.37. The van der Waals surface area contributed by atoms with Gasteiger partial charge in [-0.3, -0.25) is 4.90 Å². The molecule has 112 valence electrons. The lowest BCUT2D eigenvalue weighted by atomic mass is 10.1. The van der Waals surface area contributed by atoms with Crippen molar-refractivity contribution in [2.24, 2.45) is 5.73 Å². The van der Waals surface area contributed by atoms with Gasteiger partial charge in [-0.2, -0.15) is 0 Å². The zero-order valence-electron chi connectivity index (χ0n) is 12.5. The Kier molecular flexibility index (Phi) is 5.83. The molecule has 1 heterocycles. The van der Waals surface area contributed by atoms with Crippen LogP contribution < -0.4 is 10.5 Å². The minimum Gasteiger partial charge on any atom is -0.494 e. The third-order valence-corrected chi connectivity index (χ3v) is 3.61. The molecule has 1 aliphatic heterocycles. The Bertz CT molecular complexity index is 411. The van der Waals surface area contributed by atoms with Crippen LogP contribution in [0.2, 0.25) is 0 Å². The summed E-state index contributed by atoms with van der Waals surface area (Å²) in [5, 5.41) is 0. The smallest absolute Gasteiger partial charge is 0.124 e. The number of nitrogens with zero attached hydrogens (tertiary/aromatic N) is 1. The van der Waals surface area contributed by atoms with Gasteiger partial charge < -0.3 is 15.2 Å². The Morgan fingerprint density at radius 2 is 2.25 bits per heavy atom. The number of hydrogen-bond donors (Lipinski definition) is 1. The van der Waals surface area contributed by atoms with Crippen LogP contribution in [0.25, 0.3) is 0 Å². The first-order valence-electron chi connectivity index (χ1n) is 7.52. The molecule has 1 fully saturated rings. The van der Waals surface area contributed by atoms with E-state index in [1.165, 1.54) is 0 Å². The number of ether oxygens (including phenoxy) is 2. The number of para-hydroxylation sites is 1. The first kappa shape index (κ1) is 15.3. The van der Waals surface area contributed by atoms with Crippen LogP contribution in [0.5, 0.6) is 5.75 Å². The quantitative estimate of drug-likeness (QED) is 0.897. The zero-order chi connectivity index (χ0) is 14.4. The summed E-state index contributed by atoms with van der Waals surface area (Å²) < 4.78 is 11.3. The highest BCUT2D eigenvalue weighted by molar-refractivity contribution is 5.35. The molecule has 1 aromatic rings. The Morgan fingerprint density at radius 3 is 3.05 bits per heavy atom. The van der Waals surface area contributed by atoms with E-state index >= 15 is 0 Å². The normalized spacial score (nSPS) is 22.2. The lowest BCUT2D eigenvalue weighted by Crippen LogP contribution is -2.36. The highest BCUT2D eigenvalue weighted by Gasteiger charge is 2.19. The fourth-order valence-electron chi connectivity index (χ4n) is 2.70. The standard InChI is InChI=1S/C16H26N2O2/c1-3-19-16-8-5-4-7-14(16)15(17)12-18-9-6-10-20-13(2)11-18/h4-5,7-8,13,15H,3,6,9-12,17H2,1-2H3. The molecule has 4 nitrogen and oxygen atoms in total. The van der Waals surface area contributed by atoms with E-state index in [4.69, 9.17) is 15.2 Å². The van der Waals surface area contributed by atoms with Crippen molar-refractivity contribution >= 4 is 0 Å². The fourth-order valence-corrected chi connectivity index (χ4v) is 2.70. The van der Waals surface area contributed by atoms with E-state index in [9.17, 15) is 0 Å². The van der Waals surface area contributed by atoms with E-state index in [1.807, 2.05) is 25.1 Å². The second-order valence-corrected chi connectivity index (χ2v) is 5.37. The molecule has 0 amide bonds. The van der Waals surface area contributed by atoms with E-state index in [0.717, 1.165) is 44.0 Å². The molecule has 0 saturated carbocycles. The molecule has 2 rings (SSSR count). The maximum atomic E-state index is 6.39. The molecule has 2 atom stereocenters. The third kappa shape index (κ3) is 4.20. The SMILES string of the molecule is CCOc1ccccc1C(N)CN1CCCOC(C)C1. The summed E-state index contributed by atoms with van der Waals surface area (Å²) in [6.45, 7) is 8.48. The zero-order valence-corrected chi connectivity index (χ0v) is 12.5. The first-order valence-corrected chi connectivity index (χ1v) is 7.52. The van der Waals surface area contributed by atoms with Gasteiger partial charge in [0.2, 0.25) is 0 Å². The number of nitrogens with two attached hydrogens (primary N) is 1. The van der Waals surface area contributed by atoms with E-state index in [-0.39, 0.29) is 12.1 Å². The lowest BCUT2D eigenvalue weighted by molar-refractivity contribution is 0.0669. The Balaban J connectivity index is 2.01. The van der Waals surface area contributed by atoms with Gasteiger partial charge in [0.25, 0.3) is 0 Å². The molecule has 0 radical (unpaired) electrons. The molecule has 0 spiro atoms. The van der Waals surface area contributed by atoms with Gasteiger partial charge in [0.05, 0.1) is 12.7 Å². The summed E-state index contributed by atoms with van der Waals surface area (Å²) in [7, 11) is 0. The molecule has 4 heteroatoms. The van der Waals surface area contributed by atoms with Crippen molar-refractivity contribution in [1.82, 2.24) is 4.90 Å². The van der Waals surface area contributed by atoms with E-state index in [1.54, 1.807) is 0 Å². The van der Waals surface area contributed by atoms with Crippen LogP contribution in [0.1, 0.15) is 31.9 Å². The van der Waals surface area contributed by atoms with Gasteiger partial charge in [-0.15, -0.1) is 0 Å². The summed E-state index contributed by atoms with van der Waals surface area (Å²) in [5.74, 6) is 0.904. The van der Waals surface area contributed by atoms with E-state index in [2.05, 4.69) is 17.9 Å². The Morgan fingerprint density at radius 1 is 1.45 bits per heavy atom. The first-order chi connectivity index (χ1) is 9.70. The van der Waals surface area contributed by atoms with Crippen LogP contribution in [0, 0.1) is 0 Å². The van der Waals surface area contributed by atoms with Gasteiger partial charge in [0.1, 0.15) is 5.75 Å². The molecule has 0 bridgehead atoms. The minimum atomic E-state index is -0.0250. The fraction of sp³-hybridized carbons (Fsp3) is 0.625. The van der Waals surface area contributed by atoms with Crippen LogP contribution >= 0.6 is 0 Å². The van der Waals surface area contributed by atoms with Gasteiger partial charge in [-0.25, -0.2) is 0 Å². The maximum absolute atomic E-state index is 6.39. The molecule has 2 N–H and O–H groups in total. The number of benzene rings is 1. The summed E-state index contributed by atoms with van der Waals surface area (Å²) in [4.78, 5) is 2.39. The summed E-state index contributed by atoms with van der Waals surface area (Å²) in [6, 6.07) is 8.04. The van der Waals surface area contributed by atoms with Gasteiger partial charge in [-0.1, -0.05) is 18.2 Å².